The van der Waals surface area contributed by atoms with Crippen LogP contribution in [0.4, 0.5) is 5.82 Å². The van der Waals surface area contributed by atoms with E-state index in [-0.39, 0.29) is 0 Å². The molecule has 1 rings (SSSR count). The molecule has 0 fully saturated rings. The maximum Gasteiger partial charge on any atom is 0.330 e. The van der Waals surface area contributed by atoms with Gasteiger partial charge in [-0.05, 0) is 35.0 Å². The summed E-state index contributed by atoms with van der Waals surface area (Å²) in [6.45, 7) is 2.11. The molecule has 0 amide bonds. The Kier molecular flexibility index (Phi) is 4.30. The van der Waals surface area contributed by atoms with E-state index >= 15 is 0 Å². The fourth-order valence-corrected chi connectivity index (χ4v) is 1.30. The van der Waals surface area contributed by atoms with Gasteiger partial charge in [0.25, 0.3) is 0 Å². The molecule has 0 aromatic carbocycles. The van der Waals surface area contributed by atoms with Crippen molar-refractivity contribution in [3.05, 3.63) is 28.4 Å². The molecule has 0 saturated carbocycles. The Morgan fingerprint density at radius 3 is 3.13 bits per heavy atom. The third kappa shape index (κ3) is 3.71. The topological polar surface area (TPSA) is 65.2 Å². The number of carbonyl (C=O) groups excluding carboxylic acids is 1. The predicted molar refractivity (Wildman–Crippen MR) is 62.0 cm³/mol. The molecule has 0 radical (unpaired) electrons. The van der Waals surface area contributed by atoms with Crippen LogP contribution >= 0.6 is 15.9 Å². The molecule has 0 atom stereocenters. The summed E-state index contributed by atoms with van der Waals surface area (Å²) in [6.07, 6.45) is 4.49. The number of pyridine rings is 1. The van der Waals surface area contributed by atoms with Crippen molar-refractivity contribution in [2.45, 2.75) is 6.92 Å². The van der Waals surface area contributed by atoms with E-state index in [0.29, 0.717) is 18.0 Å². The number of ether oxygens (including phenoxy) is 1. The monoisotopic (exact) mass is 270 g/mol. The molecule has 5 heteroatoms. The Balaban J connectivity index is 2.79. The van der Waals surface area contributed by atoms with Crippen molar-refractivity contribution in [2.75, 3.05) is 12.3 Å². The first-order valence-corrected chi connectivity index (χ1v) is 5.18. The fraction of sp³-hybridized carbons (Fsp3) is 0.200. The van der Waals surface area contributed by atoms with Crippen LogP contribution in [0, 0.1) is 0 Å². The van der Waals surface area contributed by atoms with E-state index in [1.807, 2.05) is 0 Å². The number of hydrogen-bond donors (Lipinski definition) is 1. The van der Waals surface area contributed by atoms with E-state index in [0.717, 1.165) is 4.47 Å². The van der Waals surface area contributed by atoms with Gasteiger partial charge in [-0.1, -0.05) is 0 Å². The number of aromatic nitrogens is 1. The summed E-state index contributed by atoms with van der Waals surface area (Å²) in [4.78, 5) is 15.0. The lowest BCUT2D eigenvalue weighted by molar-refractivity contribution is -0.137. The number of nitrogens with zero attached hydrogens (tertiary/aromatic N) is 1. The summed E-state index contributed by atoms with van der Waals surface area (Å²) in [7, 11) is 0. The second kappa shape index (κ2) is 5.50. The quantitative estimate of drug-likeness (QED) is 0.674. The number of anilines is 1. The molecule has 0 bridgehead atoms. The second-order valence-electron chi connectivity index (χ2n) is 2.71. The predicted octanol–water partition coefficient (Wildman–Crippen LogP) is 2.00. The minimum atomic E-state index is -0.392. The first-order valence-electron chi connectivity index (χ1n) is 4.39. The Morgan fingerprint density at radius 1 is 1.73 bits per heavy atom. The molecule has 1 aromatic heterocycles. The highest BCUT2D eigenvalue weighted by Gasteiger charge is 1.99. The van der Waals surface area contributed by atoms with Crippen LogP contribution in [0.15, 0.2) is 22.8 Å². The number of esters is 1. The molecular weight excluding hydrogens is 260 g/mol. The maximum atomic E-state index is 11.0. The van der Waals surface area contributed by atoms with Crippen molar-refractivity contribution in [1.29, 1.82) is 0 Å². The lowest BCUT2D eigenvalue weighted by atomic mass is 10.2. The molecule has 1 aromatic rings. The Morgan fingerprint density at radius 2 is 2.47 bits per heavy atom. The average molecular weight is 271 g/mol. The van der Waals surface area contributed by atoms with Gasteiger partial charge in [0.1, 0.15) is 5.82 Å². The van der Waals surface area contributed by atoms with E-state index in [9.17, 15) is 4.79 Å². The zero-order chi connectivity index (χ0) is 11.3. The van der Waals surface area contributed by atoms with E-state index in [1.54, 1.807) is 25.3 Å². The number of hydrogen-bond acceptors (Lipinski definition) is 4. The van der Waals surface area contributed by atoms with Gasteiger partial charge in [-0.25, -0.2) is 9.78 Å². The van der Waals surface area contributed by atoms with Crippen molar-refractivity contribution in [1.82, 2.24) is 4.98 Å². The highest BCUT2D eigenvalue weighted by Crippen LogP contribution is 2.16. The van der Waals surface area contributed by atoms with Crippen LogP contribution < -0.4 is 5.73 Å². The van der Waals surface area contributed by atoms with E-state index in [1.165, 1.54) is 6.08 Å². The van der Waals surface area contributed by atoms with Gasteiger partial charge in [-0.15, -0.1) is 0 Å². The molecule has 0 spiro atoms. The molecule has 0 aliphatic heterocycles. The summed E-state index contributed by atoms with van der Waals surface area (Å²) in [6, 6.07) is 1.78. The average Bonchev–Trinajstić information content (AvgIpc) is 2.20. The fourth-order valence-electron chi connectivity index (χ4n) is 0.947. The second-order valence-corrected chi connectivity index (χ2v) is 3.63. The van der Waals surface area contributed by atoms with Gasteiger partial charge in [0.2, 0.25) is 0 Å². The summed E-state index contributed by atoms with van der Waals surface area (Å²) < 4.78 is 5.54. The van der Waals surface area contributed by atoms with Gasteiger partial charge in [0.15, 0.2) is 0 Å². The van der Waals surface area contributed by atoms with Gasteiger partial charge >= 0.3 is 5.97 Å². The number of halogens is 1. The summed E-state index contributed by atoms with van der Waals surface area (Å²) in [5.74, 6) is -0.0179. The van der Waals surface area contributed by atoms with Crippen LogP contribution in [0.25, 0.3) is 6.08 Å². The largest absolute Gasteiger partial charge is 0.463 e. The Bertz CT molecular complexity index is 391. The molecule has 80 valence electrons. The molecule has 0 unspecified atom stereocenters. The number of rotatable bonds is 3. The highest BCUT2D eigenvalue weighted by molar-refractivity contribution is 9.10. The minimum Gasteiger partial charge on any atom is -0.463 e. The zero-order valence-electron chi connectivity index (χ0n) is 8.24. The van der Waals surface area contributed by atoms with E-state index < -0.39 is 5.97 Å². The summed E-state index contributed by atoms with van der Waals surface area (Å²) in [5, 5.41) is 0. The molecular formula is C10H11BrN2O2. The number of nitrogens with two attached hydrogens (primary N) is 1. The maximum absolute atomic E-state index is 11.0. The molecule has 0 saturated heterocycles. The third-order valence-corrected chi connectivity index (χ3v) is 2.04. The molecule has 2 N–H and O–H groups in total. The van der Waals surface area contributed by atoms with Crippen molar-refractivity contribution >= 4 is 33.8 Å². The lowest BCUT2D eigenvalue weighted by Gasteiger charge is -1.99. The Labute approximate surface area is 96.3 Å². The van der Waals surface area contributed by atoms with E-state index in [4.69, 9.17) is 10.5 Å². The van der Waals surface area contributed by atoms with Crippen molar-refractivity contribution < 1.29 is 9.53 Å². The number of nitrogen functional groups attached to an aromatic ring is 1. The molecule has 0 aliphatic carbocycles. The molecule has 1 heterocycles. The standard InChI is InChI=1S/C10H11BrN2O2/c1-2-15-9(14)4-3-7-5-8(11)6-13-10(7)12/h3-6H,2H2,1H3,(H2,12,13)/b4-3+. The van der Waals surface area contributed by atoms with Gasteiger partial charge in [-0.2, -0.15) is 0 Å². The normalized spacial score (nSPS) is 10.5. The lowest BCUT2D eigenvalue weighted by Crippen LogP contribution is -1.99. The summed E-state index contributed by atoms with van der Waals surface area (Å²) >= 11 is 3.27. The van der Waals surface area contributed by atoms with Crippen molar-refractivity contribution in [3.63, 3.8) is 0 Å². The van der Waals surface area contributed by atoms with Crippen molar-refractivity contribution in [2.24, 2.45) is 0 Å². The third-order valence-electron chi connectivity index (χ3n) is 1.60. The number of carbonyl (C=O) groups is 1. The first kappa shape index (κ1) is 11.7. The molecule has 0 aliphatic rings. The van der Waals surface area contributed by atoms with Gasteiger partial charge in [0, 0.05) is 22.3 Å². The van der Waals surface area contributed by atoms with E-state index in [2.05, 4.69) is 20.9 Å². The van der Waals surface area contributed by atoms with Crippen LogP contribution in [0.1, 0.15) is 12.5 Å². The zero-order valence-corrected chi connectivity index (χ0v) is 9.82. The van der Waals surface area contributed by atoms with Gasteiger partial charge in [0.05, 0.1) is 6.61 Å². The smallest absolute Gasteiger partial charge is 0.330 e. The SMILES string of the molecule is CCOC(=O)/C=C/c1cc(Br)cnc1N. The molecule has 4 nitrogen and oxygen atoms in total. The first-order chi connectivity index (χ1) is 7.13. The highest BCUT2D eigenvalue weighted by atomic mass is 79.9. The van der Waals surface area contributed by atoms with Crippen LogP contribution in [0.5, 0.6) is 0 Å². The van der Waals surface area contributed by atoms with Crippen LogP contribution in [0.3, 0.4) is 0 Å². The van der Waals surface area contributed by atoms with Gasteiger partial charge < -0.3 is 10.5 Å². The Hall–Kier alpha value is -1.36. The van der Waals surface area contributed by atoms with Gasteiger partial charge in [-0.3, -0.25) is 0 Å². The minimum absolute atomic E-state index is 0.357. The van der Waals surface area contributed by atoms with Crippen LogP contribution in [-0.2, 0) is 9.53 Å². The molecule has 15 heavy (non-hydrogen) atoms. The van der Waals surface area contributed by atoms with Crippen LogP contribution in [0.2, 0.25) is 0 Å². The summed E-state index contributed by atoms with van der Waals surface area (Å²) in [5.41, 5.74) is 6.29. The van der Waals surface area contributed by atoms with Crippen LogP contribution in [-0.4, -0.2) is 17.6 Å². The van der Waals surface area contributed by atoms with Crippen molar-refractivity contribution in [3.8, 4) is 0 Å².